The third-order valence-corrected chi connectivity index (χ3v) is 12.8. The second kappa shape index (κ2) is 13.3. The molecule has 0 N–H and O–H groups in total. The van der Waals surface area contributed by atoms with Crippen LogP contribution in [0.5, 0.6) is 0 Å². The number of benzene rings is 8. The average molecular weight is 762 g/mol. The van der Waals surface area contributed by atoms with E-state index in [9.17, 15) is 0 Å². The minimum absolute atomic E-state index is 0.0993. The Kier molecular flexibility index (Phi) is 7.96. The third-order valence-electron chi connectivity index (χ3n) is 12.8. The van der Waals surface area contributed by atoms with Gasteiger partial charge in [0.25, 0.3) is 0 Å². The van der Waals surface area contributed by atoms with Crippen LogP contribution in [0, 0.1) is 0 Å². The monoisotopic (exact) mass is 761 g/mol. The molecule has 0 atom stereocenters. The molecule has 59 heavy (non-hydrogen) atoms. The van der Waals surface area contributed by atoms with Crippen LogP contribution in [0.4, 0.5) is 0 Å². The van der Waals surface area contributed by atoms with Crippen molar-refractivity contribution in [2.75, 3.05) is 0 Å². The fraction of sp³-hybridized carbons (Fsp3) is 0.145. The summed E-state index contributed by atoms with van der Waals surface area (Å²) in [4.78, 5) is 15.9. The summed E-state index contributed by atoms with van der Waals surface area (Å²) in [6.07, 6.45) is 2.35. The molecule has 0 unspecified atom stereocenters. The zero-order valence-electron chi connectivity index (χ0n) is 33.8. The van der Waals surface area contributed by atoms with E-state index in [1.165, 1.54) is 39.6 Å². The van der Waals surface area contributed by atoms with Gasteiger partial charge in [-0.1, -0.05) is 173 Å². The van der Waals surface area contributed by atoms with Crippen molar-refractivity contribution in [3.8, 4) is 56.4 Å². The Balaban J connectivity index is 1.13. The van der Waals surface area contributed by atoms with Crippen LogP contribution >= 0.6 is 0 Å². The van der Waals surface area contributed by atoms with E-state index in [1.807, 2.05) is 6.07 Å². The fourth-order valence-corrected chi connectivity index (χ4v) is 9.46. The van der Waals surface area contributed by atoms with Gasteiger partial charge in [0.05, 0.1) is 0 Å². The van der Waals surface area contributed by atoms with Gasteiger partial charge in [0.1, 0.15) is 11.2 Å². The van der Waals surface area contributed by atoms with E-state index in [-0.39, 0.29) is 10.8 Å². The van der Waals surface area contributed by atoms with Gasteiger partial charge in [0.15, 0.2) is 17.5 Å². The van der Waals surface area contributed by atoms with Crippen molar-refractivity contribution in [3.63, 3.8) is 0 Å². The lowest BCUT2D eigenvalue weighted by molar-refractivity contribution is 0.332. The Hall–Kier alpha value is -6.91. The van der Waals surface area contributed by atoms with Gasteiger partial charge in [-0.15, -0.1) is 0 Å². The molecule has 1 aliphatic rings. The molecule has 4 heteroatoms. The van der Waals surface area contributed by atoms with E-state index in [0.29, 0.717) is 17.5 Å². The van der Waals surface area contributed by atoms with Crippen molar-refractivity contribution in [1.29, 1.82) is 0 Å². The molecule has 0 spiro atoms. The lowest BCUT2D eigenvalue weighted by Crippen LogP contribution is -2.33. The van der Waals surface area contributed by atoms with Crippen molar-refractivity contribution in [2.45, 2.75) is 51.4 Å². The highest BCUT2D eigenvalue weighted by atomic mass is 16.3. The Morgan fingerprint density at radius 1 is 0.407 bits per heavy atom. The first-order valence-corrected chi connectivity index (χ1v) is 20.6. The molecule has 8 aromatic carbocycles. The van der Waals surface area contributed by atoms with Gasteiger partial charge in [-0.2, -0.15) is 0 Å². The lowest BCUT2D eigenvalue weighted by Gasteiger charge is -2.42. The van der Waals surface area contributed by atoms with E-state index in [4.69, 9.17) is 19.4 Å². The van der Waals surface area contributed by atoms with Gasteiger partial charge >= 0.3 is 0 Å². The fourth-order valence-electron chi connectivity index (χ4n) is 9.46. The zero-order chi connectivity index (χ0) is 39.9. The van der Waals surface area contributed by atoms with Crippen LogP contribution < -0.4 is 0 Å². The van der Waals surface area contributed by atoms with Crippen molar-refractivity contribution >= 4 is 43.5 Å². The number of rotatable bonds is 5. The number of hydrogen-bond donors (Lipinski definition) is 0. The molecule has 4 nitrogen and oxygen atoms in total. The topological polar surface area (TPSA) is 51.8 Å². The first-order valence-electron chi connectivity index (χ1n) is 20.6. The SMILES string of the molecule is CC1(C)CCC(C)(C)c2cc(-c3cccc4c3oc3cccc(-c5nc(-c6ccc7ccccc7c6)nc(-c6ccc(-c7ccccc7)c7ccccc67)n5)c34)ccc21. The van der Waals surface area contributed by atoms with Gasteiger partial charge < -0.3 is 4.42 Å². The largest absolute Gasteiger partial charge is 0.455 e. The summed E-state index contributed by atoms with van der Waals surface area (Å²) in [6, 6.07) is 58.1. The van der Waals surface area contributed by atoms with Gasteiger partial charge in [-0.25, -0.2) is 15.0 Å². The molecule has 0 amide bonds. The van der Waals surface area contributed by atoms with Crippen LogP contribution in [-0.4, -0.2) is 15.0 Å². The third kappa shape index (κ3) is 5.85. The van der Waals surface area contributed by atoms with Crippen molar-refractivity contribution in [1.82, 2.24) is 15.0 Å². The van der Waals surface area contributed by atoms with E-state index < -0.39 is 0 Å². The van der Waals surface area contributed by atoms with Crippen molar-refractivity contribution in [3.05, 3.63) is 175 Å². The lowest BCUT2D eigenvalue weighted by atomic mass is 9.63. The average Bonchev–Trinajstić information content (AvgIpc) is 3.67. The van der Waals surface area contributed by atoms with E-state index >= 15 is 0 Å². The Morgan fingerprint density at radius 2 is 1.02 bits per heavy atom. The molecule has 284 valence electrons. The molecule has 0 radical (unpaired) electrons. The Labute approximate surface area is 344 Å². The first-order chi connectivity index (χ1) is 28.7. The van der Waals surface area contributed by atoms with Crippen LogP contribution in [0.1, 0.15) is 51.7 Å². The Morgan fingerprint density at radius 3 is 1.83 bits per heavy atom. The van der Waals surface area contributed by atoms with Crippen LogP contribution in [0.3, 0.4) is 0 Å². The molecule has 0 bridgehead atoms. The number of fused-ring (bicyclic) bond motifs is 6. The highest BCUT2D eigenvalue weighted by Gasteiger charge is 2.37. The number of furan rings is 1. The molecule has 1 aliphatic carbocycles. The smallest absolute Gasteiger partial charge is 0.164 e. The minimum Gasteiger partial charge on any atom is -0.455 e. The summed E-state index contributed by atoms with van der Waals surface area (Å²) in [5.74, 6) is 1.85. The molecule has 0 saturated heterocycles. The maximum atomic E-state index is 6.86. The van der Waals surface area contributed by atoms with Crippen LogP contribution in [0.2, 0.25) is 0 Å². The molecule has 0 fully saturated rings. The van der Waals surface area contributed by atoms with Crippen LogP contribution in [-0.2, 0) is 10.8 Å². The molecular weight excluding hydrogens is 719 g/mol. The minimum atomic E-state index is 0.0993. The predicted octanol–water partition coefficient (Wildman–Crippen LogP) is 14.8. The molecule has 10 aromatic rings. The summed E-state index contributed by atoms with van der Waals surface area (Å²) >= 11 is 0. The maximum Gasteiger partial charge on any atom is 0.164 e. The summed E-state index contributed by atoms with van der Waals surface area (Å²) in [5.41, 5.74) is 12.2. The van der Waals surface area contributed by atoms with Crippen LogP contribution in [0.15, 0.2) is 168 Å². The number of aromatic nitrogens is 3. The number of para-hydroxylation sites is 1. The second-order valence-electron chi connectivity index (χ2n) is 17.4. The number of hydrogen-bond acceptors (Lipinski definition) is 4. The zero-order valence-corrected chi connectivity index (χ0v) is 33.8. The molecule has 11 rings (SSSR count). The quantitative estimate of drug-likeness (QED) is 0.175. The molecule has 0 aliphatic heterocycles. The van der Waals surface area contributed by atoms with E-state index in [0.717, 1.165) is 66.8 Å². The Bertz CT molecular complexity index is 3280. The summed E-state index contributed by atoms with van der Waals surface area (Å²) in [7, 11) is 0. The summed E-state index contributed by atoms with van der Waals surface area (Å²) < 4.78 is 6.86. The van der Waals surface area contributed by atoms with Gasteiger partial charge in [-0.3, -0.25) is 0 Å². The predicted molar refractivity (Wildman–Crippen MR) is 245 cm³/mol. The van der Waals surface area contributed by atoms with E-state index in [1.54, 1.807) is 0 Å². The molecule has 2 aromatic heterocycles. The standard InChI is InChI=1S/C55H43N3O/c1-54(2)30-31-55(3,4)47-33-37(26-29-46(47)54)40-20-12-21-44-49-45(22-13-23-48(49)59-50(40)44)53-57-51(38-25-24-34-14-8-9-17-36(34)32-38)56-52(58-53)43-28-27-39(35-15-6-5-7-16-35)41-18-10-11-19-42(41)43/h5-29,32-33H,30-31H2,1-4H3. The maximum absolute atomic E-state index is 6.86. The van der Waals surface area contributed by atoms with Crippen molar-refractivity contribution in [2.24, 2.45) is 0 Å². The highest BCUT2D eigenvalue weighted by molar-refractivity contribution is 6.15. The van der Waals surface area contributed by atoms with E-state index in [2.05, 4.69) is 185 Å². The second-order valence-corrected chi connectivity index (χ2v) is 17.4. The molecule has 2 heterocycles. The molecule has 0 saturated carbocycles. The normalized spacial score (nSPS) is 14.6. The summed E-state index contributed by atoms with van der Waals surface area (Å²) in [6.45, 7) is 9.52. The van der Waals surface area contributed by atoms with Gasteiger partial charge in [-0.05, 0) is 91.2 Å². The van der Waals surface area contributed by atoms with Crippen molar-refractivity contribution < 1.29 is 4.42 Å². The highest BCUT2D eigenvalue weighted by Crippen LogP contribution is 2.48. The van der Waals surface area contributed by atoms with Crippen LogP contribution in [0.25, 0.3) is 99.9 Å². The van der Waals surface area contributed by atoms with Gasteiger partial charge in [0.2, 0.25) is 0 Å². The number of nitrogens with zero attached hydrogens (tertiary/aromatic N) is 3. The molecular formula is C55H43N3O. The first kappa shape index (κ1) is 35.3. The van der Waals surface area contributed by atoms with Gasteiger partial charge in [0, 0.05) is 33.0 Å². The summed E-state index contributed by atoms with van der Waals surface area (Å²) in [5, 5.41) is 6.58.